The van der Waals surface area contributed by atoms with E-state index in [4.69, 9.17) is 10.4 Å². The molecule has 1 fully saturated rings. The van der Waals surface area contributed by atoms with E-state index in [0.717, 1.165) is 16.8 Å². The molecule has 1 saturated heterocycles. The highest BCUT2D eigenvalue weighted by atomic mass is 32.2. The van der Waals surface area contributed by atoms with Crippen molar-refractivity contribution in [2.75, 3.05) is 0 Å². The van der Waals surface area contributed by atoms with Crippen LogP contribution in [0.4, 0.5) is 5.69 Å². The van der Waals surface area contributed by atoms with Crippen molar-refractivity contribution in [1.29, 1.82) is 5.26 Å². The van der Waals surface area contributed by atoms with Gasteiger partial charge in [0, 0.05) is 0 Å². The minimum Gasteiger partial charge on any atom is -0.478 e. The molecule has 7 heteroatoms. The van der Waals surface area contributed by atoms with Gasteiger partial charge in [0.1, 0.15) is 0 Å². The summed E-state index contributed by atoms with van der Waals surface area (Å²) in [4.78, 5) is 31.1. The fourth-order valence-electron chi connectivity index (χ4n) is 3.08. The molecule has 1 amide bonds. The van der Waals surface area contributed by atoms with Crippen LogP contribution in [-0.4, -0.2) is 27.1 Å². The number of aromatic carboxylic acids is 1. The SMILES string of the molecule is N#Cc1ccc(/C=C2/SC(=Nc3ccccc3)N(Cc3ccc(C(=O)O)cc3)C2=O)cc1. The molecule has 0 unspecified atom stereocenters. The number of rotatable bonds is 5. The van der Waals surface area contributed by atoms with Gasteiger partial charge in [-0.2, -0.15) is 5.26 Å². The largest absolute Gasteiger partial charge is 0.478 e. The number of hydrogen-bond acceptors (Lipinski definition) is 5. The molecule has 1 N–H and O–H groups in total. The first kappa shape index (κ1) is 21.1. The predicted octanol–water partition coefficient (Wildman–Crippen LogP) is 5.06. The number of hydrogen-bond donors (Lipinski definition) is 1. The monoisotopic (exact) mass is 439 g/mol. The average Bonchev–Trinajstić information content (AvgIpc) is 3.09. The number of para-hydroxylation sites is 1. The number of carboxylic acids is 1. The minimum atomic E-state index is -0.997. The Kier molecular flexibility index (Phi) is 6.15. The predicted molar refractivity (Wildman–Crippen MR) is 124 cm³/mol. The van der Waals surface area contributed by atoms with Crippen LogP contribution in [0.5, 0.6) is 0 Å². The van der Waals surface area contributed by atoms with Crippen LogP contribution in [0, 0.1) is 11.3 Å². The zero-order chi connectivity index (χ0) is 22.5. The first-order valence-corrected chi connectivity index (χ1v) is 10.5. The Morgan fingerprint density at radius 2 is 1.72 bits per heavy atom. The summed E-state index contributed by atoms with van der Waals surface area (Å²) in [6.07, 6.45) is 1.78. The minimum absolute atomic E-state index is 0.184. The van der Waals surface area contributed by atoms with Crippen molar-refractivity contribution >= 4 is 40.6 Å². The van der Waals surface area contributed by atoms with Crippen molar-refractivity contribution in [1.82, 2.24) is 4.90 Å². The molecule has 0 radical (unpaired) electrons. The molecule has 6 nitrogen and oxygen atoms in total. The normalized spacial score (nSPS) is 15.8. The summed E-state index contributed by atoms with van der Waals surface area (Å²) in [7, 11) is 0. The summed E-state index contributed by atoms with van der Waals surface area (Å²) in [6.45, 7) is 0.266. The number of carboxylic acid groups (broad SMARTS) is 1. The molecule has 0 saturated carbocycles. The van der Waals surface area contributed by atoms with Crippen LogP contribution in [0.15, 0.2) is 88.8 Å². The van der Waals surface area contributed by atoms with E-state index in [1.54, 1.807) is 47.4 Å². The van der Waals surface area contributed by atoms with Gasteiger partial charge in [-0.3, -0.25) is 9.69 Å². The number of benzene rings is 3. The van der Waals surface area contributed by atoms with Gasteiger partial charge in [0.25, 0.3) is 5.91 Å². The summed E-state index contributed by atoms with van der Waals surface area (Å²) < 4.78 is 0. The quantitative estimate of drug-likeness (QED) is 0.561. The number of aliphatic imine (C=N–C) groups is 1. The van der Waals surface area contributed by atoms with Gasteiger partial charge in [0.05, 0.1) is 34.3 Å². The summed E-state index contributed by atoms with van der Waals surface area (Å²) >= 11 is 1.28. The van der Waals surface area contributed by atoms with E-state index in [-0.39, 0.29) is 18.0 Å². The van der Waals surface area contributed by atoms with Crippen molar-refractivity contribution in [2.24, 2.45) is 4.99 Å². The smallest absolute Gasteiger partial charge is 0.335 e. The van der Waals surface area contributed by atoms with Crippen LogP contribution >= 0.6 is 11.8 Å². The molecular formula is C25H17N3O3S. The first-order valence-electron chi connectivity index (χ1n) is 9.71. The molecule has 32 heavy (non-hydrogen) atoms. The van der Waals surface area contributed by atoms with Gasteiger partial charge in [0.2, 0.25) is 0 Å². The third kappa shape index (κ3) is 4.77. The lowest BCUT2D eigenvalue weighted by atomic mass is 10.1. The molecule has 1 heterocycles. The van der Waals surface area contributed by atoms with Crippen LogP contribution in [0.3, 0.4) is 0 Å². The van der Waals surface area contributed by atoms with Crippen LogP contribution in [0.1, 0.15) is 27.0 Å². The highest BCUT2D eigenvalue weighted by Gasteiger charge is 2.33. The molecule has 0 bridgehead atoms. The lowest BCUT2D eigenvalue weighted by Crippen LogP contribution is -2.28. The average molecular weight is 439 g/mol. The summed E-state index contributed by atoms with van der Waals surface area (Å²) in [5.41, 5.74) is 3.08. The Morgan fingerprint density at radius 1 is 1.03 bits per heavy atom. The molecule has 4 rings (SSSR count). The molecular weight excluding hydrogens is 422 g/mol. The maximum absolute atomic E-state index is 13.2. The second-order valence-electron chi connectivity index (χ2n) is 6.97. The van der Waals surface area contributed by atoms with Gasteiger partial charge >= 0.3 is 5.97 Å². The fourth-order valence-corrected chi connectivity index (χ4v) is 4.08. The van der Waals surface area contributed by atoms with E-state index in [0.29, 0.717) is 15.6 Å². The molecule has 0 aromatic heterocycles. The molecule has 0 atom stereocenters. The van der Waals surface area contributed by atoms with E-state index < -0.39 is 5.97 Å². The highest BCUT2D eigenvalue weighted by Crippen LogP contribution is 2.35. The zero-order valence-electron chi connectivity index (χ0n) is 16.8. The second-order valence-corrected chi connectivity index (χ2v) is 7.98. The number of thioether (sulfide) groups is 1. The standard InChI is InChI=1S/C25H17N3O3S/c26-15-18-8-6-17(7-9-18)14-22-23(29)28(16-19-10-12-20(13-11-19)24(30)31)25(32-22)27-21-4-2-1-3-5-21/h1-14H,16H2,(H,30,31)/b22-14+,27-25?. The number of amides is 1. The lowest BCUT2D eigenvalue weighted by Gasteiger charge is -2.16. The molecule has 1 aliphatic heterocycles. The van der Waals surface area contributed by atoms with E-state index in [2.05, 4.69) is 11.1 Å². The molecule has 0 spiro atoms. The third-order valence-electron chi connectivity index (χ3n) is 4.75. The van der Waals surface area contributed by atoms with Crippen LogP contribution in [0.25, 0.3) is 6.08 Å². The lowest BCUT2D eigenvalue weighted by molar-refractivity contribution is -0.122. The van der Waals surface area contributed by atoms with Gasteiger partial charge in [-0.15, -0.1) is 0 Å². The van der Waals surface area contributed by atoms with E-state index in [9.17, 15) is 9.59 Å². The first-order chi connectivity index (χ1) is 15.5. The Bertz CT molecular complexity index is 1260. The van der Waals surface area contributed by atoms with Gasteiger partial charge in [-0.1, -0.05) is 42.5 Å². The van der Waals surface area contributed by atoms with Crippen LogP contribution in [0.2, 0.25) is 0 Å². The third-order valence-corrected chi connectivity index (χ3v) is 5.75. The number of amidine groups is 1. The summed E-state index contributed by atoms with van der Waals surface area (Å²) in [5.74, 6) is -1.18. The molecule has 0 aliphatic carbocycles. The number of carbonyl (C=O) groups is 2. The van der Waals surface area contributed by atoms with E-state index >= 15 is 0 Å². The van der Waals surface area contributed by atoms with Gasteiger partial charge < -0.3 is 5.11 Å². The fraction of sp³-hybridized carbons (Fsp3) is 0.0400. The van der Waals surface area contributed by atoms with Crippen LogP contribution < -0.4 is 0 Å². The van der Waals surface area contributed by atoms with Gasteiger partial charge in [-0.05, 0) is 65.4 Å². The van der Waals surface area contributed by atoms with Crippen molar-refractivity contribution < 1.29 is 14.7 Å². The van der Waals surface area contributed by atoms with Crippen molar-refractivity contribution in [3.63, 3.8) is 0 Å². The van der Waals surface area contributed by atoms with Crippen molar-refractivity contribution in [2.45, 2.75) is 6.54 Å². The molecule has 1 aliphatic rings. The van der Waals surface area contributed by atoms with Gasteiger partial charge in [0.15, 0.2) is 5.17 Å². The highest BCUT2D eigenvalue weighted by molar-refractivity contribution is 8.18. The van der Waals surface area contributed by atoms with Crippen molar-refractivity contribution in [3.8, 4) is 6.07 Å². The topological polar surface area (TPSA) is 93.8 Å². The maximum Gasteiger partial charge on any atom is 0.335 e. The Hall–Kier alpha value is -4.15. The molecule has 3 aromatic rings. The molecule has 156 valence electrons. The molecule has 3 aromatic carbocycles. The Labute approximate surface area is 189 Å². The Morgan fingerprint density at radius 3 is 2.34 bits per heavy atom. The van der Waals surface area contributed by atoms with E-state index in [1.165, 1.54) is 23.9 Å². The number of nitrogens with zero attached hydrogens (tertiary/aromatic N) is 3. The number of nitriles is 1. The van der Waals surface area contributed by atoms with Gasteiger partial charge in [-0.25, -0.2) is 9.79 Å². The van der Waals surface area contributed by atoms with E-state index in [1.807, 2.05) is 30.3 Å². The summed E-state index contributed by atoms with van der Waals surface area (Å²) in [5, 5.41) is 18.6. The zero-order valence-corrected chi connectivity index (χ0v) is 17.6. The Balaban J connectivity index is 1.66. The number of carbonyl (C=O) groups excluding carboxylic acids is 1. The maximum atomic E-state index is 13.2. The van der Waals surface area contributed by atoms with Crippen LogP contribution in [-0.2, 0) is 11.3 Å². The summed E-state index contributed by atoms with van der Waals surface area (Å²) in [6, 6.07) is 24.9. The van der Waals surface area contributed by atoms with Crippen molar-refractivity contribution in [3.05, 3.63) is 106 Å². The second kappa shape index (κ2) is 9.33.